The van der Waals surface area contributed by atoms with Crippen LogP contribution in [0.25, 0.3) is 0 Å². The number of halogens is 1. The highest BCUT2D eigenvalue weighted by molar-refractivity contribution is 7.90. The maximum absolute atomic E-state index is 11.7. The van der Waals surface area contributed by atoms with Crippen molar-refractivity contribution in [2.75, 3.05) is 0 Å². The Morgan fingerprint density at radius 2 is 1.88 bits per heavy atom. The smallest absolute Gasteiger partial charge is 0.212 e. The molecule has 1 rings (SSSR count). The molecule has 0 aliphatic carbocycles. The number of benzene rings is 1. The van der Waals surface area contributed by atoms with Gasteiger partial charge in [0.05, 0.1) is 5.25 Å². The van der Waals surface area contributed by atoms with E-state index in [0.29, 0.717) is 5.02 Å². The summed E-state index contributed by atoms with van der Waals surface area (Å²) in [6.07, 6.45) is 0. The van der Waals surface area contributed by atoms with Crippen LogP contribution in [0.1, 0.15) is 32.4 Å². The molecule has 0 aromatic heterocycles. The van der Waals surface area contributed by atoms with E-state index in [4.69, 9.17) is 11.6 Å². The van der Waals surface area contributed by atoms with Crippen molar-refractivity contribution in [1.82, 2.24) is 4.72 Å². The lowest BCUT2D eigenvalue weighted by molar-refractivity contribution is 0.558. The van der Waals surface area contributed by atoms with Crippen molar-refractivity contribution in [1.29, 1.82) is 0 Å². The molecule has 0 saturated heterocycles. The first kappa shape index (κ1) is 13.5. The first-order valence-corrected chi connectivity index (χ1v) is 7.02. The Morgan fingerprint density at radius 1 is 1.25 bits per heavy atom. The zero-order valence-corrected chi connectivity index (χ0v) is 11.1. The van der Waals surface area contributed by atoms with Gasteiger partial charge in [-0.05, 0) is 38.5 Å². The Bertz CT molecular complexity index is 457. The number of hydrogen-bond acceptors (Lipinski definition) is 2. The van der Waals surface area contributed by atoms with Gasteiger partial charge in [-0.3, -0.25) is 0 Å². The molecule has 0 bridgehead atoms. The molecule has 0 saturated carbocycles. The Hall–Kier alpha value is -0.580. The summed E-state index contributed by atoms with van der Waals surface area (Å²) in [6.45, 7) is 5.09. The van der Waals surface area contributed by atoms with Gasteiger partial charge >= 0.3 is 0 Å². The average molecular weight is 262 g/mol. The van der Waals surface area contributed by atoms with Gasteiger partial charge in [-0.15, -0.1) is 0 Å². The third kappa shape index (κ3) is 3.47. The van der Waals surface area contributed by atoms with Crippen molar-refractivity contribution >= 4 is 21.6 Å². The lowest BCUT2D eigenvalue weighted by Gasteiger charge is -2.16. The summed E-state index contributed by atoms with van der Waals surface area (Å²) in [5.41, 5.74) is 0.858. The fraction of sp³-hybridized carbons (Fsp3) is 0.455. The van der Waals surface area contributed by atoms with Gasteiger partial charge in [-0.1, -0.05) is 23.7 Å². The molecule has 0 aliphatic heterocycles. The van der Waals surface area contributed by atoms with Crippen LogP contribution in [0.2, 0.25) is 5.02 Å². The Morgan fingerprint density at radius 3 is 2.38 bits per heavy atom. The van der Waals surface area contributed by atoms with Gasteiger partial charge in [-0.2, -0.15) is 0 Å². The maximum atomic E-state index is 11.7. The summed E-state index contributed by atoms with van der Waals surface area (Å²) >= 11 is 5.85. The zero-order valence-electron chi connectivity index (χ0n) is 9.57. The molecule has 5 heteroatoms. The van der Waals surface area contributed by atoms with Gasteiger partial charge in [0.1, 0.15) is 0 Å². The van der Waals surface area contributed by atoms with Crippen molar-refractivity contribution in [2.45, 2.75) is 32.1 Å². The SMILES string of the molecule is CC(C)S(=O)(=O)N[C@H](C)c1cccc(Cl)c1. The molecular weight excluding hydrogens is 246 g/mol. The van der Waals surface area contributed by atoms with Crippen LogP contribution < -0.4 is 4.72 Å². The summed E-state index contributed by atoms with van der Waals surface area (Å²) in [5.74, 6) is 0. The van der Waals surface area contributed by atoms with Gasteiger partial charge < -0.3 is 0 Å². The molecule has 0 amide bonds. The Kier molecular flexibility index (Phi) is 4.35. The molecule has 0 aliphatic rings. The van der Waals surface area contributed by atoms with E-state index < -0.39 is 15.3 Å². The third-order valence-electron chi connectivity index (χ3n) is 2.31. The summed E-state index contributed by atoms with van der Waals surface area (Å²) in [4.78, 5) is 0. The topological polar surface area (TPSA) is 46.2 Å². The van der Waals surface area contributed by atoms with E-state index in [1.165, 1.54) is 0 Å². The van der Waals surface area contributed by atoms with Crippen LogP contribution in [0.5, 0.6) is 0 Å². The number of sulfonamides is 1. The van der Waals surface area contributed by atoms with Crippen LogP contribution in [-0.4, -0.2) is 13.7 Å². The van der Waals surface area contributed by atoms with E-state index in [1.807, 2.05) is 6.07 Å². The van der Waals surface area contributed by atoms with Crippen LogP contribution in [-0.2, 0) is 10.0 Å². The molecule has 1 aromatic carbocycles. The van der Waals surface area contributed by atoms with Gasteiger partial charge in [-0.25, -0.2) is 13.1 Å². The molecule has 0 fully saturated rings. The Balaban J connectivity index is 2.85. The molecular formula is C11H16ClNO2S. The number of rotatable bonds is 4. The predicted octanol–water partition coefficient (Wildman–Crippen LogP) is 2.73. The lowest BCUT2D eigenvalue weighted by atomic mass is 10.1. The minimum absolute atomic E-state index is 0.272. The molecule has 0 heterocycles. The average Bonchev–Trinajstić information content (AvgIpc) is 2.16. The van der Waals surface area contributed by atoms with E-state index >= 15 is 0 Å². The normalized spacial score (nSPS) is 14.1. The van der Waals surface area contributed by atoms with Crippen LogP contribution in [0.3, 0.4) is 0 Å². The van der Waals surface area contributed by atoms with Gasteiger partial charge in [0.25, 0.3) is 0 Å². The van der Waals surface area contributed by atoms with Gasteiger partial charge in [0.2, 0.25) is 10.0 Å². The summed E-state index contributed by atoms with van der Waals surface area (Å²) < 4.78 is 25.9. The molecule has 1 aromatic rings. The largest absolute Gasteiger partial charge is 0.214 e. The fourth-order valence-electron chi connectivity index (χ4n) is 1.23. The molecule has 3 nitrogen and oxygen atoms in total. The van der Waals surface area contributed by atoms with E-state index in [9.17, 15) is 8.42 Å². The monoisotopic (exact) mass is 261 g/mol. The molecule has 0 unspecified atom stereocenters. The highest BCUT2D eigenvalue weighted by atomic mass is 35.5. The van der Waals surface area contributed by atoms with E-state index in [2.05, 4.69) is 4.72 Å². The minimum atomic E-state index is -3.25. The lowest BCUT2D eigenvalue weighted by Crippen LogP contribution is -2.32. The van der Waals surface area contributed by atoms with Crippen LogP contribution in [0.4, 0.5) is 0 Å². The second-order valence-electron chi connectivity index (χ2n) is 3.99. The van der Waals surface area contributed by atoms with Gasteiger partial charge in [0, 0.05) is 11.1 Å². The molecule has 1 N–H and O–H groups in total. The quantitative estimate of drug-likeness (QED) is 0.906. The standard InChI is InChI=1S/C11H16ClNO2S/c1-8(2)16(14,15)13-9(3)10-5-4-6-11(12)7-10/h4-9,13H,1-3H3/t9-/m1/s1. The highest BCUT2D eigenvalue weighted by Gasteiger charge is 2.19. The first-order valence-electron chi connectivity index (χ1n) is 5.09. The number of hydrogen-bond donors (Lipinski definition) is 1. The molecule has 16 heavy (non-hydrogen) atoms. The van der Waals surface area contributed by atoms with E-state index in [-0.39, 0.29) is 6.04 Å². The summed E-state index contributed by atoms with van der Waals surface area (Å²) in [7, 11) is -3.25. The second-order valence-corrected chi connectivity index (χ2v) is 6.69. The first-order chi connectivity index (χ1) is 7.33. The van der Waals surface area contributed by atoms with Crippen molar-refractivity contribution < 1.29 is 8.42 Å². The summed E-state index contributed by atoms with van der Waals surface area (Å²) in [5, 5.41) is 0.169. The molecule has 0 spiro atoms. The second kappa shape index (κ2) is 5.17. The zero-order chi connectivity index (χ0) is 12.3. The minimum Gasteiger partial charge on any atom is -0.212 e. The van der Waals surface area contributed by atoms with Crippen LogP contribution in [0.15, 0.2) is 24.3 Å². The molecule has 0 radical (unpaired) electrons. The Labute approximate surface area is 102 Å². The number of nitrogens with one attached hydrogen (secondary N) is 1. The van der Waals surface area contributed by atoms with Gasteiger partial charge in [0.15, 0.2) is 0 Å². The molecule has 1 atom stereocenters. The van der Waals surface area contributed by atoms with E-state index in [1.54, 1.807) is 39.0 Å². The van der Waals surface area contributed by atoms with Crippen molar-refractivity contribution in [2.24, 2.45) is 0 Å². The highest BCUT2D eigenvalue weighted by Crippen LogP contribution is 2.18. The van der Waals surface area contributed by atoms with Crippen molar-refractivity contribution in [3.63, 3.8) is 0 Å². The predicted molar refractivity (Wildman–Crippen MR) is 67.1 cm³/mol. The fourth-order valence-corrected chi connectivity index (χ4v) is 2.33. The summed E-state index contributed by atoms with van der Waals surface area (Å²) in [6, 6.07) is 6.90. The van der Waals surface area contributed by atoms with Crippen LogP contribution >= 0.6 is 11.6 Å². The molecule has 90 valence electrons. The third-order valence-corrected chi connectivity index (χ3v) is 4.47. The van der Waals surface area contributed by atoms with Crippen LogP contribution in [0, 0.1) is 0 Å². The van der Waals surface area contributed by atoms with E-state index in [0.717, 1.165) is 5.56 Å². The van der Waals surface area contributed by atoms with Crippen molar-refractivity contribution in [3.05, 3.63) is 34.9 Å². The maximum Gasteiger partial charge on any atom is 0.214 e. The van der Waals surface area contributed by atoms with Crippen molar-refractivity contribution in [3.8, 4) is 0 Å².